The van der Waals surface area contributed by atoms with Crippen LogP contribution < -0.4 is 10.3 Å². The van der Waals surface area contributed by atoms with Gasteiger partial charge in [-0.15, -0.1) is 0 Å². The summed E-state index contributed by atoms with van der Waals surface area (Å²) in [5.74, 6) is -1.86. The standard InChI is InChI=1S/C23H31FN3O6P/c1-5-32-34(31,33-6-2)27-10-9-25(12-14(27)3)19-11-18-20(15(4)21(19)24)22(28)17(23(29)30)13-26(18)16-7-8-16/h11,13-14,16H,5-10,12H2,1-4H3,(H,29,30). The number of anilines is 1. The SMILES string of the molecule is CCOP(=O)(OCC)N1CCN(c2cc3c(c(C)c2F)c(=O)c(C(=O)O)cn3C2CC2)CC1C. The monoisotopic (exact) mass is 495 g/mol. The lowest BCUT2D eigenvalue weighted by Crippen LogP contribution is -2.51. The molecule has 1 aliphatic heterocycles. The van der Waals surface area contributed by atoms with Crippen molar-refractivity contribution in [2.45, 2.75) is 52.6 Å². The Balaban J connectivity index is 1.75. The topological polar surface area (TPSA) is 101 Å². The number of fused-ring (bicyclic) bond motifs is 1. The Morgan fingerprint density at radius 2 is 1.88 bits per heavy atom. The first kappa shape index (κ1) is 24.9. The largest absolute Gasteiger partial charge is 0.477 e. The Hall–Kier alpha value is -2.26. The van der Waals surface area contributed by atoms with Crippen LogP contribution in [0.3, 0.4) is 0 Å². The van der Waals surface area contributed by atoms with Crippen LogP contribution in [-0.2, 0) is 13.6 Å². The van der Waals surface area contributed by atoms with Crippen LogP contribution in [0.1, 0.15) is 55.6 Å². The zero-order valence-electron chi connectivity index (χ0n) is 19.9. The van der Waals surface area contributed by atoms with E-state index in [4.69, 9.17) is 9.05 Å². The van der Waals surface area contributed by atoms with E-state index in [9.17, 15) is 19.3 Å². The summed E-state index contributed by atoms with van der Waals surface area (Å²) >= 11 is 0. The molecule has 1 saturated heterocycles. The van der Waals surface area contributed by atoms with Crippen molar-refractivity contribution in [1.82, 2.24) is 9.24 Å². The Morgan fingerprint density at radius 1 is 1.24 bits per heavy atom. The fourth-order valence-electron chi connectivity index (χ4n) is 4.73. The van der Waals surface area contributed by atoms with Crippen molar-refractivity contribution >= 4 is 30.3 Å². The van der Waals surface area contributed by atoms with Gasteiger partial charge in [-0.25, -0.2) is 18.4 Å². The molecule has 4 rings (SSSR count). The van der Waals surface area contributed by atoms with Gasteiger partial charge in [0.15, 0.2) is 0 Å². The zero-order chi connectivity index (χ0) is 24.8. The van der Waals surface area contributed by atoms with Gasteiger partial charge < -0.3 is 14.6 Å². The number of aryl methyl sites for hydroxylation is 1. The molecular formula is C23H31FN3O6P. The van der Waals surface area contributed by atoms with Crippen molar-refractivity contribution in [1.29, 1.82) is 0 Å². The maximum atomic E-state index is 15.6. The van der Waals surface area contributed by atoms with Crippen molar-refractivity contribution in [3.8, 4) is 0 Å². The Bertz CT molecular complexity index is 1220. The summed E-state index contributed by atoms with van der Waals surface area (Å²) in [5, 5.41) is 9.61. The molecule has 1 aromatic carbocycles. The molecule has 2 aliphatic rings. The highest BCUT2D eigenvalue weighted by Crippen LogP contribution is 2.54. The Labute approximate surface area is 197 Å². The quantitative estimate of drug-likeness (QED) is 0.545. The lowest BCUT2D eigenvalue weighted by atomic mass is 10.0. The maximum absolute atomic E-state index is 15.6. The molecule has 1 N–H and O–H groups in total. The number of carboxylic acid groups (broad SMARTS) is 1. The molecule has 11 heteroatoms. The molecule has 0 spiro atoms. The van der Waals surface area contributed by atoms with E-state index in [0.29, 0.717) is 30.8 Å². The third-order valence-electron chi connectivity index (χ3n) is 6.48. The normalized spacial score (nSPS) is 19.7. The number of carboxylic acids is 1. The molecule has 1 atom stereocenters. The number of hydrogen-bond donors (Lipinski definition) is 1. The first-order valence-electron chi connectivity index (χ1n) is 11.6. The van der Waals surface area contributed by atoms with Crippen molar-refractivity contribution in [3.63, 3.8) is 0 Å². The molecule has 1 aliphatic carbocycles. The minimum Gasteiger partial charge on any atom is -0.477 e. The van der Waals surface area contributed by atoms with Gasteiger partial charge in [-0.1, -0.05) is 0 Å². The van der Waals surface area contributed by atoms with Crippen LogP contribution in [0, 0.1) is 12.7 Å². The summed E-state index contributed by atoms with van der Waals surface area (Å²) in [7, 11) is -3.45. The molecule has 9 nitrogen and oxygen atoms in total. The van der Waals surface area contributed by atoms with Gasteiger partial charge in [0, 0.05) is 43.5 Å². The molecule has 34 heavy (non-hydrogen) atoms. The van der Waals surface area contributed by atoms with Gasteiger partial charge in [-0.2, -0.15) is 0 Å². The summed E-state index contributed by atoms with van der Waals surface area (Å²) < 4.78 is 43.4. The number of halogens is 1. The average molecular weight is 495 g/mol. The third-order valence-corrected chi connectivity index (χ3v) is 8.87. The Kier molecular flexibility index (Phi) is 6.88. The van der Waals surface area contributed by atoms with Crippen LogP contribution >= 0.6 is 7.75 Å². The lowest BCUT2D eigenvalue weighted by Gasteiger charge is -2.43. The summed E-state index contributed by atoms with van der Waals surface area (Å²) in [6, 6.07) is 1.50. The first-order chi connectivity index (χ1) is 16.1. The average Bonchev–Trinajstić information content (AvgIpc) is 3.61. The molecule has 1 saturated carbocycles. The van der Waals surface area contributed by atoms with Gasteiger partial charge in [0.1, 0.15) is 11.4 Å². The van der Waals surface area contributed by atoms with E-state index >= 15 is 4.39 Å². The fourth-order valence-corrected chi connectivity index (χ4v) is 6.65. The van der Waals surface area contributed by atoms with E-state index in [1.165, 1.54) is 13.1 Å². The van der Waals surface area contributed by atoms with Crippen LogP contribution in [0.15, 0.2) is 17.1 Å². The molecule has 0 bridgehead atoms. The zero-order valence-corrected chi connectivity index (χ0v) is 20.8. The molecule has 186 valence electrons. The van der Waals surface area contributed by atoms with E-state index in [1.807, 2.05) is 11.8 Å². The van der Waals surface area contributed by atoms with E-state index in [-0.39, 0.29) is 41.8 Å². The number of nitrogens with zero attached hydrogens (tertiary/aromatic N) is 3. The minimum atomic E-state index is -3.45. The molecule has 1 aromatic heterocycles. The fraction of sp³-hybridized carbons (Fsp3) is 0.565. The summed E-state index contributed by atoms with van der Waals surface area (Å²) in [5.41, 5.74) is 0.000549. The van der Waals surface area contributed by atoms with E-state index in [2.05, 4.69) is 0 Å². The number of hydrogen-bond acceptors (Lipinski definition) is 6. The van der Waals surface area contributed by atoms with Gasteiger partial charge in [0.2, 0.25) is 5.43 Å². The number of piperazine rings is 1. The van der Waals surface area contributed by atoms with Gasteiger partial charge >= 0.3 is 13.7 Å². The third kappa shape index (κ3) is 4.28. The number of benzene rings is 1. The molecule has 0 amide bonds. The summed E-state index contributed by atoms with van der Waals surface area (Å²) in [4.78, 5) is 26.4. The Morgan fingerprint density at radius 3 is 2.41 bits per heavy atom. The second-order valence-electron chi connectivity index (χ2n) is 8.81. The van der Waals surface area contributed by atoms with Crippen molar-refractivity contribution < 1.29 is 27.9 Å². The number of aromatic nitrogens is 1. The number of aromatic carboxylic acids is 1. The first-order valence-corrected chi connectivity index (χ1v) is 13.1. The lowest BCUT2D eigenvalue weighted by molar-refractivity contribution is 0.0694. The highest BCUT2D eigenvalue weighted by atomic mass is 31.2. The van der Waals surface area contributed by atoms with Crippen molar-refractivity contribution in [2.75, 3.05) is 37.7 Å². The highest BCUT2D eigenvalue weighted by Gasteiger charge is 2.40. The second-order valence-corrected chi connectivity index (χ2v) is 10.8. The highest BCUT2D eigenvalue weighted by molar-refractivity contribution is 7.51. The summed E-state index contributed by atoms with van der Waals surface area (Å²) in [6.45, 7) is 8.54. The van der Waals surface area contributed by atoms with E-state index in [1.54, 1.807) is 29.2 Å². The van der Waals surface area contributed by atoms with Gasteiger partial charge in [0.25, 0.3) is 0 Å². The van der Waals surface area contributed by atoms with Crippen LogP contribution in [0.4, 0.5) is 10.1 Å². The van der Waals surface area contributed by atoms with Gasteiger partial charge in [-0.05, 0) is 46.6 Å². The molecular weight excluding hydrogens is 464 g/mol. The predicted octanol–water partition coefficient (Wildman–Crippen LogP) is 4.17. The number of pyridine rings is 1. The minimum absolute atomic E-state index is 0.0953. The van der Waals surface area contributed by atoms with E-state index in [0.717, 1.165) is 12.8 Å². The molecule has 2 aromatic rings. The van der Waals surface area contributed by atoms with Crippen molar-refractivity contribution in [3.05, 3.63) is 39.4 Å². The smallest absolute Gasteiger partial charge is 0.408 e. The maximum Gasteiger partial charge on any atom is 0.408 e. The molecule has 0 radical (unpaired) electrons. The van der Waals surface area contributed by atoms with Crippen molar-refractivity contribution in [2.24, 2.45) is 0 Å². The van der Waals surface area contributed by atoms with Crippen LogP contribution in [-0.4, -0.2) is 59.2 Å². The van der Waals surface area contributed by atoms with Gasteiger partial charge in [-0.3, -0.25) is 13.8 Å². The van der Waals surface area contributed by atoms with Crippen LogP contribution in [0.2, 0.25) is 0 Å². The molecule has 1 unspecified atom stereocenters. The number of carbonyl (C=O) groups is 1. The number of rotatable bonds is 8. The summed E-state index contributed by atoms with van der Waals surface area (Å²) in [6.07, 6.45) is 3.14. The van der Waals surface area contributed by atoms with E-state index < -0.39 is 25.0 Å². The van der Waals surface area contributed by atoms with Gasteiger partial charge in [0.05, 0.1) is 29.8 Å². The predicted molar refractivity (Wildman–Crippen MR) is 127 cm³/mol. The molecule has 2 heterocycles. The van der Waals surface area contributed by atoms with Crippen LogP contribution in [0.25, 0.3) is 10.9 Å². The van der Waals surface area contributed by atoms with Crippen LogP contribution in [0.5, 0.6) is 0 Å². The second kappa shape index (κ2) is 9.41. The molecule has 2 fully saturated rings.